The van der Waals surface area contributed by atoms with Crippen LogP contribution in [0.2, 0.25) is 0 Å². The molecule has 3 heterocycles. The Bertz CT molecular complexity index is 1550. The quantitative estimate of drug-likeness (QED) is 0.428. The van der Waals surface area contributed by atoms with E-state index in [0.29, 0.717) is 51.4 Å². The van der Waals surface area contributed by atoms with Crippen LogP contribution in [0.1, 0.15) is 41.0 Å². The molecule has 1 atom stereocenters. The van der Waals surface area contributed by atoms with Gasteiger partial charge in [-0.25, -0.2) is 0 Å². The van der Waals surface area contributed by atoms with E-state index in [9.17, 15) is 28.5 Å². The molecule has 0 bridgehead atoms. The van der Waals surface area contributed by atoms with E-state index in [-0.39, 0.29) is 30.0 Å². The van der Waals surface area contributed by atoms with Crippen LogP contribution in [-0.2, 0) is 22.9 Å². The first-order valence-corrected chi connectivity index (χ1v) is 13.1. The van der Waals surface area contributed by atoms with Crippen molar-refractivity contribution in [3.8, 4) is 5.88 Å². The molecule has 3 N–H and O–H groups in total. The normalized spacial score (nSPS) is 18.2. The average molecular weight is 561 g/mol. The zero-order valence-corrected chi connectivity index (χ0v) is 22.1. The third-order valence-corrected chi connectivity index (χ3v) is 7.88. The van der Waals surface area contributed by atoms with Gasteiger partial charge in [-0.3, -0.25) is 0 Å². The second-order valence-electron chi connectivity index (χ2n) is 9.97. The summed E-state index contributed by atoms with van der Waals surface area (Å²) in [4.78, 5) is 6.54. The summed E-state index contributed by atoms with van der Waals surface area (Å²) in [6.45, 7) is 3.92. The number of halogens is 3. The minimum absolute atomic E-state index is 0.00887. The first-order chi connectivity index (χ1) is 18.4. The molecule has 0 amide bonds. The summed E-state index contributed by atoms with van der Waals surface area (Å²) >= 11 is 1.17. The van der Waals surface area contributed by atoms with Gasteiger partial charge < -0.3 is 25.0 Å². The van der Waals surface area contributed by atoms with E-state index >= 15 is 0 Å². The molecule has 1 aromatic heterocycles. The van der Waals surface area contributed by atoms with Crippen molar-refractivity contribution < 1.29 is 33.2 Å². The van der Waals surface area contributed by atoms with E-state index in [4.69, 9.17) is 4.74 Å². The smallest absolute Gasteiger partial charge is 0.416 e. The van der Waals surface area contributed by atoms with Crippen LogP contribution < -0.4 is 15.5 Å². The van der Waals surface area contributed by atoms with Gasteiger partial charge in [0.1, 0.15) is 0 Å². The summed E-state index contributed by atoms with van der Waals surface area (Å²) in [5.41, 5.74) is -1.02. The van der Waals surface area contributed by atoms with Crippen molar-refractivity contribution in [3.63, 3.8) is 0 Å². The minimum atomic E-state index is -4.67. The van der Waals surface area contributed by atoms with Gasteiger partial charge in [-0.1, -0.05) is 29.5 Å². The minimum Gasteiger partial charge on any atom is -0.492 e. The maximum absolute atomic E-state index is 14.2. The van der Waals surface area contributed by atoms with Crippen molar-refractivity contribution in [2.45, 2.75) is 38.1 Å². The second kappa shape index (κ2) is 10.3. The highest BCUT2D eigenvalue weighted by Gasteiger charge is 2.35. The number of morpholine rings is 1. The monoisotopic (exact) mass is 560 g/mol. The first-order valence-electron chi connectivity index (χ1n) is 12.3. The summed E-state index contributed by atoms with van der Waals surface area (Å²) in [6, 6.07) is 9.07. The van der Waals surface area contributed by atoms with Crippen LogP contribution in [0.3, 0.4) is 0 Å². The van der Waals surface area contributed by atoms with Gasteiger partial charge in [-0.15, -0.1) is 0 Å². The van der Waals surface area contributed by atoms with Gasteiger partial charge in [0.25, 0.3) is 0 Å². The Kier molecular flexibility index (Phi) is 7.23. The van der Waals surface area contributed by atoms with Crippen LogP contribution in [0.5, 0.6) is 5.88 Å². The number of aliphatic hydroxyl groups excluding tert-OH is 1. The molecular weight excluding hydrogens is 533 g/mol. The number of aromatic hydroxyl groups is 1. The second-order valence-corrected chi connectivity index (χ2v) is 11.0. The Balaban J connectivity index is 1.65. The summed E-state index contributed by atoms with van der Waals surface area (Å²) in [5.74, 6) is -0.294. The number of anilines is 1. The maximum Gasteiger partial charge on any atom is 0.416 e. The summed E-state index contributed by atoms with van der Waals surface area (Å²) < 4.78 is 48.2. The van der Waals surface area contributed by atoms with E-state index in [2.05, 4.69) is 15.2 Å². The number of aliphatic hydroxyl groups is 2. The number of nitrogens with zero attached hydrogens (tertiary/aromatic N) is 4. The number of benzene rings is 2. The molecule has 5 rings (SSSR count). The third kappa shape index (κ3) is 5.69. The fraction of sp³-hybridized carbons (Fsp3) is 0.370. The first kappa shape index (κ1) is 27.3. The van der Waals surface area contributed by atoms with E-state index in [1.165, 1.54) is 37.3 Å². The van der Waals surface area contributed by atoms with Gasteiger partial charge in [0.2, 0.25) is 5.88 Å². The van der Waals surface area contributed by atoms with Crippen LogP contribution in [-0.4, -0.2) is 58.9 Å². The largest absolute Gasteiger partial charge is 0.492 e. The van der Waals surface area contributed by atoms with Gasteiger partial charge in [0, 0.05) is 25.1 Å². The van der Waals surface area contributed by atoms with Gasteiger partial charge in [0.05, 0.1) is 46.9 Å². The molecular formula is C27H27F3N4O4S. The number of alkyl halides is 3. The van der Waals surface area contributed by atoms with Gasteiger partial charge in [-0.05, 0) is 54.0 Å². The zero-order valence-electron chi connectivity index (χ0n) is 21.2. The summed E-state index contributed by atoms with van der Waals surface area (Å²) in [6.07, 6.45) is -3.67. The number of rotatable bonds is 6. The van der Waals surface area contributed by atoms with Crippen LogP contribution in [0, 0.1) is 0 Å². The van der Waals surface area contributed by atoms with E-state index in [1.807, 2.05) is 4.90 Å². The van der Waals surface area contributed by atoms with Gasteiger partial charge >= 0.3 is 6.18 Å². The molecule has 1 unspecified atom stereocenters. The fourth-order valence-electron chi connectivity index (χ4n) is 4.61. The number of fused-ring (bicyclic) bond motifs is 1. The Hall–Kier alpha value is -3.32. The predicted octanol–water partition coefficient (Wildman–Crippen LogP) is 2.70. The summed E-state index contributed by atoms with van der Waals surface area (Å²) in [5, 5.41) is 40.4. The molecule has 2 aromatic carbocycles. The molecule has 1 fully saturated rings. The molecule has 39 heavy (non-hydrogen) atoms. The third-order valence-electron chi connectivity index (χ3n) is 6.71. The van der Waals surface area contributed by atoms with Crippen molar-refractivity contribution in [2.75, 3.05) is 31.2 Å². The van der Waals surface area contributed by atoms with Crippen molar-refractivity contribution in [1.29, 1.82) is 0 Å². The van der Waals surface area contributed by atoms with Crippen LogP contribution >= 0.6 is 11.3 Å². The van der Waals surface area contributed by atoms with Crippen molar-refractivity contribution in [2.24, 2.45) is 10.2 Å². The molecule has 1 saturated heterocycles. The number of ether oxygens (including phenoxy) is 1. The highest BCUT2D eigenvalue weighted by molar-refractivity contribution is 7.17. The SMILES string of the molecule is CC(C)(O)c1ccc(CC(c2sc(N3CCOC(CO)C3)nc2O)=c2ccc3c(c2)C=NN=3)c(C(F)(F)F)c1. The Labute approximate surface area is 226 Å². The Morgan fingerprint density at radius 3 is 2.69 bits per heavy atom. The Morgan fingerprint density at radius 2 is 1.97 bits per heavy atom. The zero-order chi connectivity index (χ0) is 27.9. The molecule has 3 aromatic rings. The number of aromatic nitrogens is 1. The van der Waals surface area contributed by atoms with Crippen LogP contribution in [0.4, 0.5) is 18.3 Å². The number of hydrogen-bond donors (Lipinski definition) is 3. The molecule has 0 saturated carbocycles. The molecule has 0 spiro atoms. The topological polar surface area (TPSA) is 111 Å². The van der Waals surface area contributed by atoms with E-state index in [1.54, 1.807) is 24.4 Å². The maximum atomic E-state index is 14.2. The lowest BCUT2D eigenvalue weighted by Crippen LogP contribution is -2.44. The highest BCUT2D eigenvalue weighted by Crippen LogP contribution is 2.40. The number of thiazole rings is 1. The van der Waals surface area contributed by atoms with Gasteiger partial charge in [-0.2, -0.15) is 28.4 Å². The highest BCUT2D eigenvalue weighted by atomic mass is 32.1. The molecule has 12 heteroatoms. The number of hydrogen-bond acceptors (Lipinski definition) is 9. The van der Waals surface area contributed by atoms with Gasteiger partial charge in [0.15, 0.2) is 5.13 Å². The predicted molar refractivity (Wildman–Crippen MR) is 141 cm³/mol. The molecule has 206 valence electrons. The molecule has 2 aliphatic rings. The lowest BCUT2D eigenvalue weighted by Gasteiger charge is -2.31. The van der Waals surface area contributed by atoms with E-state index < -0.39 is 23.4 Å². The molecule has 2 aliphatic heterocycles. The lowest BCUT2D eigenvalue weighted by atomic mass is 9.90. The van der Waals surface area contributed by atoms with Crippen LogP contribution in [0.15, 0.2) is 46.6 Å². The average Bonchev–Trinajstić information content (AvgIpc) is 3.52. The Morgan fingerprint density at radius 1 is 1.18 bits per heavy atom. The van der Waals surface area contributed by atoms with E-state index in [0.717, 1.165) is 6.07 Å². The van der Waals surface area contributed by atoms with Crippen LogP contribution in [0.25, 0.3) is 5.57 Å². The molecule has 0 radical (unpaired) electrons. The lowest BCUT2D eigenvalue weighted by molar-refractivity contribution is -0.138. The molecule has 0 aliphatic carbocycles. The van der Waals surface area contributed by atoms with Crippen molar-refractivity contribution in [3.05, 3.63) is 74.1 Å². The fourth-order valence-corrected chi connectivity index (χ4v) is 5.67. The molecule has 8 nitrogen and oxygen atoms in total. The van der Waals surface area contributed by atoms with Crippen molar-refractivity contribution in [1.82, 2.24) is 4.98 Å². The summed E-state index contributed by atoms with van der Waals surface area (Å²) in [7, 11) is 0. The van der Waals surface area contributed by atoms with Crippen molar-refractivity contribution >= 4 is 28.3 Å². The standard InChI is InChI=1S/C27H27F3N4O4S/c1-26(2,37)18-5-3-16(21(11-18)27(28,29)30)10-20(15-4-6-22-17(9-15)12-31-33-22)23-24(36)32-25(39-23)34-7-8-38-19(13-34)14-35/h3-6,9,11-12,19,35-37H,7-8,10,13-14H2,1-2H3.